The van der Waals surface area contributed by atoms with Gasteiger partial charge in [-0.3, -0.25) is 4.79 Å². The number of halogens is 3. The first-order valence-corrected chi connectivity index (χ1v) is 6.36. The summed E-state index contributed by atoms with van der Waals surface area (Å²) in [6.07, 6.45) is 0. The summed E-state index contributed by atoms with van der Waals surface area (Å²) >= 11 is 8.94. The van der Waals surface area contributed by atoms with Gasteiger partial charge in [-0.2, -0.15) is 0 Å². The molecule has 0 heterocycles. The van der Waals surface area contributed by atoms with Gasteiger partial charge in [-0.15, -0.1) is 0 Å². The Morgan fingerprint density at radius 1 is 1.26 bits per heavy atom. The highest BCUT2D eigenvalue weighted by atomic mass is 79.9. The smallest absolute Gasteiger partial charge is 0.252 e. The second-order valence-electron chi connectivity index (χ2n) is 3.71. The first-order valence-electron chi connectivity index (χ1n) is 5.19. The van der Waals surface area contributed by atoms with E-state index in [0.29, 0.717) is 9.50 Å². The second kappa shape index (κ2) is 5.59. The summed E-state index contributed by atoms with van der Waals surface area (Å²) in [7, 11) is 0. The Morgan fingerprint density at radius 3 is 2.63 bits per heavy atom. The Morgan fingerprint density at radius 2 is 2.00 bits per heavy atom. The Hall–Kier alpha value is -1.59. The molecule has 0 aliphatic rings. The van der Waals surface area contributed by atoms with Crippen LogP contribution in [0.3, 0.4) is 0 Å². The number of hydrogen-bond acceptors (Lipinski definition) is 2. The number of carbonyl (C=O) groups excluding carboxylic acids is 1. The van der Waals surface area contributed by atoms with Gasteiger partial charge in [-0.1, -0.05) is 27.5 Å². The first kappa shape index (κ1) is 13.8. The molecule has 3 nitrogen and oxygen atoms in total. The van der Waals surface area contributed by atoms with Crippen LogP contribution in [0.2, 0.25) is 5.02 Å². The van der Waals surface area contributed by atoms with E-state index in [1.807, 2.05) is 0 Å². The summed E-state index contributed by atoms with van der Waals surface area (Å²) in [5, 5.41) is 0.363. The zero-order valence-corrected chi connectivity index (χ0v) is 11.8. The van der Waals surface area contributed by atoms with Crippen molar-refractivity contribution in [2.24, 2.45) is 5.73 Å². The molecule has 2 rings (SSSR count). The van der Waals surface area contributed by atoms with Crippen LogP contribution >= 0.6 is 27.5 Å². The normalized spacial score (nSPS) is 10.3. The molecule has 0 atom stereocenters. The first-order chi connectivity index (χ1) is 8.95. The van der Waals surface area contributed by atoms with E-state index in [1.54, 1.807) is 12.1 Å². The van der Waals surface area contributed by atoms with Crippen LogP contribution in [0.4, 0.5) is 4.39 Å². The van der Waals surface area contributed by atoms with Gasteiger partial charge in [-0.05, 0) is 30.3 Å². The Kier molecular flexibility index (Phi) is 4.07. The van der Waals surface area contributed by atoms with Gasteiger partial charge in [0.2, 0.25) is 0 Å². The van der Waals surface area contributed by atoms with E-state index in [1.165, 1.54) is 24.3 Å². The number of nitrogens with two attached hydrogens (primary N) is 1. The van der Waals surface area contributed by atoms with E-state index in [0.717, 1.165) is 0 Å². The maximum absolute atomic E-state index is 13.2. The zero-order valence-electron chi connectivity index (χ0n) is 9.49. The Bertz CT molecular complexity index is 628. The summed E-state index contributed by atoms with van der Waals surface area (Å²) in [4.78, 5) is 11.3. The van der Waals surface area contributed by atoms with Gasteiger partial charge in [0.05, 0.1) is 5.56 Å². The van der Waals surface area contributed by atoms with Gasteiger partial charge in [0, 0.05) is 15.6 Å². The van der Waals surface area contributed by atoms with E-state index in [4.69, 9.17) is 22.1 Å². The van der Waals surface area contributed by atoms with Crippen molar-refractivity contribution in [3.8, 4) is 11.5 Å². The molecule has 0 saturated heterocycles. The molecule has 0 aliphatic carbocycles. The molecule has 0 aromatic heterocycles. The molecule has 0 radical (unpaired) electrons. The SMILES string of the molecule is NC(=O)c1cc(Cl)ccc1Oc1cc(F)cc(Br)c1. The van der Waals surface area contributed by atoms with Crippen molar-refractivity contribution < 1.29 is 13.9 Å². The maximum Gasteiger partial charge on any atom is 0.252 e. The van der Waals surface area contributed by atoms with Crippen molar-refractivity contribution in [2.45, 2.75) is 0 Å². The average molecular weight is 345 g/mol. The van der Waals surface area contributed by atoms with Gasteiger partial charge in [0.15, 0.2) is 0 Å². The number of carbonyl (C=O) groups is 1. The standard InChI is InChI=1S/C13H8BrClFNO2/c14-7-3-9(16)6-10(4-7)19-12-2-1-8(15)5-11(12)13(17)18/h1-6H,(H2,17,18). The van der Waals surface area contributed by atoms with Gasteiger partial charge < -0.3 is 10.5 Å². The minimum Gasteiger partial charge on any atom is -0.456 e. The van der Waals surface area contributed by atoms with Crippen molar-refractivity contribution in [3.63, 3.8) is 0 Å². The van der Waals surface area contributed by atoms with E-state index >= 15 is 0 Å². The van der Waals surface area contributed by atoms with Crippen LogP contribution in [0.25, 0.3) is 0 Å². The quantitative estimate of drug-likeness (QED) is 0.910. The number of primary amides is 1. The predicted molar refractivity (Wildman–Crippen MR) is 74.1 cm³/mol. The van der Waals surface area contributed by atoms with Crippen molar-refractivity contribution in [3.05, 3.63) is 57.3 Å². The molecule has 0 bridgehead atoms. The van der Waals surface area contributed by atoms with Crippen molar-refractivity contribution in [1.29, 1.82) is 0 Å². The van der Waals surface area contributed by atoms with E-state index in [2.05, 4.69) is 15.9 Å². The van der Waals surface area contributed by atoms with Crippen LogP contribution in [0, 0.1) is 5.82 Å². The van der Waals surface area contributed by atoms with Crippen molar-refractivity contribution in [1.82, 2.24) is 0 Å². The molecule has 0 saturated carbocycles. The van der Waals surface area contributed by atoms with Crippen LogP contribution in [0.1, 0.15) is 10.4 Å². The van der Waals surface area contributed by atoms with E-state index < -0.39 is 11.7 Å². The Balaban J connectivity index is 2.40. The third-order valence-corrected chi connectivity index (χ3v) is 2.96. The fraction of sp³-hybridized carbons (Fsp3) is 0. The fourth-order valence-corrected chi connectivity index (χ4v) is 2.11. The summed E-state index contributed by atoms with van der Waals surface area (Å²) in [6, 6.07) is 8.52. The van der Waals surface area contributed by atoms with E-state index in [9.17, 15) is 9.18 Å². The van der Waals surface area contributed by atoms with Crippen LogP contribution in [-0.2, 0) is 0 Å². The molecule has 98 valence electrons. The van der Waals surface area contributed by atoms with Gasteiger partial charge in [-0.25, -0.2) is 4.39 Å². The summed E-state index contributed by atoms with van der Waals surface area (Å²) < 4.78 is 19.2. The van der Waals surface area contributed by atoms with Crippen LogP contribution in [0.15, 0.2) is 40.9 Å². The lowest BCUT2D eigenvalue weighted by atomic mass is 10.2. The third kappa shape index (κ3) is 3.45. The predicted octanol–water partition coefficient (Wildman–Crippen LogP) is 4.13. The maximum atomic E-state index is 13.2. The molecule has 1 amide bonds. The van der Waals surface area contributed by atoms with Crippen LogP contribution in [-0.4, -0.2) is 5.91 Å². The lowest BCUT2D eigenvalue weighted by molar-refractivity contribution is 0.0998. The molecule has 0 fully saturated rings. The third-order valence-electron chi connectivity index (χ3n) is 2.27. The van der Waals surface area contributed by atoms with Crippen LogP contribution in [0.5, 0.6) is 11.5 Å². The molecule has 0 spiro atoms. The number of benzene rings is 2. The molecule has 2 aromatic carbocycles. The monoisotopic (exact) mass is 343 g/mol. The fourth-order valence-electron chi connectivity index (χ4n) is 1.50. The highest BCUT2D eigenvalue weighted by Crippen LogP contribution is 2.29. The number of hydrogen-bond donors (Lipinski definition) is 1. The molecular formula is C13H8BrClFNO2. The number of ether oxygens (including phenoxy) is 1. The van der Waals surface area contributed by atoms with E-state index in [-0.39, 0.29) is 17.1 Å². The minimum atomic E-state index is -0.673. The zero-order chi connectivity index (χ0) is 14.0. The average Bonchev–Trinajstić information content (AvgIpc) is 2.30. The summed E-state index contributed by atoms with van der Waals surface area (Å²) in [6.45, 7) is 0. The molecule has 19 heavy (non-hydrogen) atoms. The van der Waals surface area contributed by atoms with Crippen LogP contribution < -0.4 is 10.5 Å². The lowest BCUT2D eigenvalue weighted by Gasteiger charge is -2.10. The summed E-state index contributed by atoms with van der Waals surface area (Å²) in [5.41, 5.74) is 5.37. The van der Waals surface area contributed by atoms with Crippen molar-refractivity contribution >= 4 is 33.4 Å². The van der Waals surface area contributed by atoms with Gasteiger partial charge in [0.25, 0.3) is 5.91 Å². The number of rotatable bonds is 3. The highest BCUT2D eigenvalue weighted by molar-refractivity contribution is 9.10. The molecule has 0 unspecified atom stereocenters. The largest absolute Gasteiger partial charge is 0.456 e. The highest BCUT2D eigenvalue weighted by Gasteiger charge is 2.12. The van der Waals surface area contributed by atoms with Crippen molar-refractivity contribution in [2.75, 3.05) is 0 Å². The molecule has 6 heteroatoms. The molecular weight excluding hydrogens is 337 g/mol. The minimum absolute atomic E-state index is 0.132. The van der Waals surface area contributed by atoms with Gasteiger partial charge >= 0.3 is 0 Å². The Labute approximate surface area is 122 Å². The molecule has 0 aliphatic heterocycles. The van der Waals surface area contributed by atoms with Gasteiger partial charge in [0.1, 0.15) is 17.3 Å². The lowest BCUT2D eigenvalue weighted by Crippen LogP contribution is -2.12. The number of amides is 1. The second-order valence-corrected chi connectivity index (χ2v) is 5.06. The topological polar surface area (TPSA) is 52.3 Å². The molecule has 2 N–H and O–H groups in total. The summed E-state index contributed by atoms with van der Waals surface area (Å²) in [5.74, 6) is -0.668. The molecule has 2 aromatic rings.